The zero-order valence-corrected chi connectivity index (χ0v) is 21.1. The summed E-state index contributed by atoms with van der Waals surface area (Å²) in [6.45, 7) is 5.45. The van der Waals surface area contributed by atoms with Crippen molar-refractivity contribution < 1.29 is 18.7 Å². The zero-order valence-electron chi connectivity index (χ0n) is 21.1. The van der Waals surface area contributed by atoms with Crippen LogP contribution in [-0.4, -0.2) is 29.8 Å². The summed E-state index contributed by atoms with van der Waals surface area (Å²) in [6.07, 6.45) is 5.11. The van der Waals surface area contributed by atoms with Crippen molar-refractivity contribution in [3.8, 4) is 5.75 Å². The molecular formula is C30H34N2O4. The molecule has 2 aliphatic rings. The van der Waals surface area contributed by atoms with Gasteiger partial charge in [0, 0.05) is 19.0 Å². The molecule has 1 unspecified atom stereocenters. The summed E-state index contributed by atoms with van der Waals surface area (Å²) in [6, 6.07) is 18.0. The normalized spacial score (nSPS) is 17.6. The fraction of sp³-hybridized carbons (Fsp3) is 0.400. The minimum absolute atomic E-state index is 0.126. The van der Waals surface area contributed by atoms with Gasteiger partial charge < -0.3 is 19.4 Å². The second kappa shape index (κ2) is 10.6. The zero-order chi connectivity index (χ0) is 25.1. The minimum atomic E-state index is -0.231. The average molecular weight is 487 g/mol. The van der Waals surface area contributed by atoms with Crippen LogP contribution in [0.4, 0.5) is 0 Å². The molecule has 2 amide bonds. The lowest BCUT2D eigenvalue weighted by Crippen LogP contribution is -2.43. The van der Waals surface area contributed by atoms with Crippen LogP contribution in [0.15, 0.2) is 59.0 Å². The number of fused-ring (bicyclic) bond motifs is 1. The first-order valence-corrected chi connectivity index (χ1v) is 13.0. The van der Waals surface area contributed by atoms with Crippen molar-refractivity contribution in [1.82, 2.24) is 10.2 Å². The van der Waals surface area contributed by atoms with E-state index in [0.717, 1.165) is 55.5 Å². The molecular weight excluding hydrogens is 452 g/mol. The summed E-state index contributed by atoms with van der Waals surface area (Å²) in [5.41, 5.74) is 4.70. The number of hydrogen-bond donors (Lipinski definition) is 1. The lowest BCUT2D eigenvalue weighted by molar-refractivity contribution is -0.137. The van der Waals surface area contributed by atoms with E-state index in [-0.39, 0.29) is 36.1 Å². The Bertz CT molecular complexity index is 1220. The lowest BCUT2D eigenvalue weighted by atomic mass is 9.86. The molecule has 6 nitrogen and oxygen atoms in total. The molecule has 0 saturated heterocycles. The van der Waals surface area contributed by atoms with Gasteiger partial charge in [0.15, 0.2) is 5.76 Å². The number of amides is 2. The van der Waals surface area contributed by atoms with E-state index in [0.29, 0.717) is 12.3 Å². The van der Waals surface area contributed by atoms with Crippen LogP contribution in [0.5, 0.6) is 5.75 Å². The van der Waals surface area contributed by atoms with Crippen molar-refractivity contribution in [1.29, 1.82) is 0 Å². The van der Waals surface area contributed by atoms with Crippen molar-refractivity contribution in [2.45, 2.75) is 58.6 Å². The van der Waals surface area contributed by atoms with Crippen LogP contribution in [0, 0.1) is 12.8 Å². The van der Waals surface area contributed by atoms with E-state index in [1.54, 1.807) is 12.1 Å². The molecule has 1 atom stereocenters. The summed E-state index contributed by atoms with van der Waals surface area (Å²) < 4.78 is 11.7. The van der Waals surface area contributed by atoms with Gasteiger partial charge in [0.1, 0.15) is 18.1 Å². The van der Waals surface area contributed by atoms with Gasteiger partial charge in [-0.1, -0.05) is 48.7 Å². The molecule has 0 bridgehead atoms. The Labute approximate surface area is 212 Å². The monoisotopic (exact) mass is 486 g/mol. The summed E-state index contributed by atoms with van der Waals surface area (Å²) in [5, 5.41) is 2.73. The van der Waals surface area contributed by atoms with Crippen LogP contribution in [0.3, 0.4) is 0 Å². The van der Waals surface area contributed by atoms with E-state index in [2.05, 4.69) is 53.5 Å². The maximum absolute atomic E-state index is 13.6. The van der Waals surface area contributed by atoms with Gasteiger partial charge in [-0.3, -0.25) is 9.59 Å². The van der Waals surface area contributed by atoms with Crippen molar-refractivity contribution in [3.63, 3.8) is 0 Å². The number of carbonyl (C=O) groups excluding carboxylic acids is 2. The van der Waals surface area contributed by atoms with Gasteiger partial charge in [-0.25, -0.2) is 0 Å². The van der Waals surface area contributed by atoms with Crippen LogP contribution in [0.1, 0.15) is 77.2 Å². The molecule has 36 heavy (non-hydrogen) atoms. The number of ether oxygens (including phenoxy) is 1. The summed E-state index contributed by atoms with van der Waals surface area (Å²) in [4.78, 5) is 27.7. The Hall–Kier alpha value is -3.54. The average Bonchev–Trinajstić information content (AvgIpc) is 3.60. The Morgan fingerprint density at radius 3 is 2.58 bits per heavy atom. The van der Waals surface area contributed by atoms with Gasteiger partial charge in [-0.05, 0) is 74.1 Å². The smallest absolute Gasteiger partial charge is 0.286 e. The van der Waals surface area contributed by atoms with Gasteiger partial charge in [-0.2, -0.15) is 0 Å². The van der Waals surface area contributed by atoms with Gasteiger partial charge >= 0.3 is 0 Å². The molecule has 1 fully saturated rings. The molecule has 6 heteroatoms. The first kappa shape index (κ1) is 24.2. The van der Waals surface area contributed by atoms with Crippen LogP contribution < -0.4 is 10.1 Å². The number of carbonyl (C=O) groups is 2. The molecule has 0 spiro atoms. The quantitative estimate of drug-likeness (QED) is 0.473. The Kier molecular flexibility index (Phi) is 7.12. The molecule has 0 radical (unpaired) electrons. The fourth-order valence-corrected chi connectivity index (χ4v) is 5.42. The highest BCUT2D eigenvalue weighted by Gasteiger charge is 2.36. The lowest BCUT2D eigenvalue weighted by Gasteiger charge is -2.39. The highest BCUT2D eigenvalue weighted by molar-refractivity contribution is 5.91. The second-order valence-corrected chi connectivity index (χ2v) is 9.85. The number of benzene rings is 2. The number of nitrogens with zero attached hydrogens (tertiary/aromatic N) is 1. The minimum Gasteiger partial charge on any atom is -0.486 e. The predicted molar refractivity (Wildman–Crippen MR) is 138 cm³/mol. The second-order valence-electron chi connectivity index (χ2n) is 9.85. The Balaban J connectivity index is 1.40. The molecule has 1 N–H and O–H groups in total. The van der Waals surface area contributed by atoms with E-state index in [1.165, 1.54) is 11.1 Å². The molecule has 1 saturated carbocycles. The van der Waals surface area contributed by atoms with Crippen molar-refractivity contribution in [2.24, 2.45) is 5.92 Å². The highest BCUT2D eigenvalue weighted by Crippen LogP contribution is 2.39. The first-order chi connectivity index (χ1) is 17.5. The van der Waals surface area contributed by atoms with Gasteiger partial charge in [0.05, 0.1) is 6.04 Å². The van der Waals surface area contributed by atoms with Crippen LogP contribution in [0.2, 0.25) is 0 Å². The largest absolute Gasteiger partial charge is 0.486 e. The molecule has 2 aromatic carbocycles. The summed E-state index contributed by atoms with van der Waals surface area (Å²) in [5.74, 6) is 1.77. The number of furan rings is 1. The fourth-order valence-electron chi connectivity index (χ4n) is 5.42. The van der Waals surface area contributed by atoms with Gasteiger partial charge in [0.2, 0.25) is 5.91 Å². The maximum Gasteiger partial charge on any atom is 0.286 e. The molecule has 2 heterocycles. The Morgan fingerprint density at radius 2 is 1.83 bits per heavy atom. The number of aryl methyl sites for hydroxylation is 1. The predicted octanol–water partition coefficient (Wildman–Crippen LogP) is 5.58. The number of rotatable bonds is 7. The van der Waals surface area contributed by atoms with E-state index in [4.69, 9.17) is 9.15 Å². The number of nitrogens with one attached hydrogen (secondary N) is 1. The molecule has 1 aliphatic carbocycles. The molecule has 1 aliphatic heterocycles. The number of hydrogen-bond acceptors (Lipinski definition) is 4. The first-order valence-electron chi connectivity index (χ1n) is 13.0. The molecule has 188 valence electrons. The van der Waals surface area contributed by atoms with Crippen LogP contribution >= 0.6 is 0 Å². The van der Waals surface area contributed by atoms with Crippen LogP contribution in [-0.2, 0) is 17.8 Å². The highest BCUT2D eigenvalue weighted by atomic mass is 16.5. The van der Waals surface area contributed by atoms with E-state index in [1.807, 2.05) is 13.0 Å². The summed E-state index contributed by atoms with van der Waals surface area (Å²) >= 11 is 0. The Morgan fingerprint density at radius 1 is 1.06 bits per heavy atom. The maximum atomic E-state index is 13.6. The third-order valence-corrected chi connectivity index (χ3v) is 7.33. The van der Waals surface area contributed by atoms with Crippen LogP contribution in [0.25, 0.3) is 0 Å². The van der Waals surface area contributed by atoms with Gasteiger partial charge in [-0.15, -0.1) is 0 Å². The summed E-state index contributed by atoms with van der Waals surface area (Å²) in [7, 11) is 0. The van der Waals surface area contributed by atoms with E-state index >= 15 is 0 Å². The molecule has 5 rings (SSSR count). The third-order valence-electron chi connectivity index (χ3n) is 7.33. The SMILES string of the molecule is CCNC(=O)c1ccc(COc2ccc3c(c2)C(c2ccc(C)cc2)N(C(=O)C2CCCC2)CC3)o1. The standard InChI is InChI=1S/C30H34N2O4/c1-3-31-29(33)27-15-14-25(36-27)19-35-24-13-12-21-16-17-32(30(34)23-6-4-5-7-23)28(26(21)18-24)22-10-8-20(2)9-11-22/h8-15,18,23,28H,3-7,16-17,19H2,1-2H3,(H,31,33). The van der Waals surface area contributed by atoms with E-state index in [9.17, 15) is 9.59 Å². The third kappa shape index (κ3) is 5.03. The van der Waals surface area contributed by atoms with Gasteiger partial charge in [0.25, 0.3) is 5.91 Å². The van der Waals surface area contributed by atoms with E-state index < -0.39 is 0 Å². The van der Waals surface area contributed by atoms with Crippen molar-refractivity contribution in [3.05, 3.63) is 88.4 Å². The van der Waals surface area contributed by atoms with Crippen molar-refractivity contribution in [2.75, 3.05) is 13.1 Å². The molecule has 1 aromatic heterocycles. The van der Waals surface area contributed by atoms with Crippen molar-refractivity contribution >= 4 is 11.8 Å². The topological polar surface area (TPSA) is 71.8 Å². The molecule has 3 aromatic rings.